The maximum absolute atomic E-state index is 12.5. The molecular weight excluding hydrogens is 296 g/mol. The normalized spacial score (nSPS) is 19.1. The molecular formula is C17H16N2O2S. The topological polar surface area (TPSA) is 49.4 Å². The van der Waals surface area contributed by atoms with Crippen LogP contribution in [0.25, 0.3) is 10.4 Å². The molecule has 2 amide bonds. The highest BCUT2D eigenvalue weighted by Gasteiger charge is 2.49. The molecule has 4 rings (SSSR count). The summed E-state index contributed by atoms with van der Waals surface area (Å²) in [6, 6.07) is 12.0. The van der Waals surface area contributed by atoms with E-state index in [1.165, 1.54) is 0 Å². The fourth-order valence-corrected chi connectivity index (χ4v) is 4.11. The first-order chi connectivity index (χ1) is 10.7. The number of nitrogens with zero attached hydrogens (tertiary/aromatic N) is 1. The summed E-state index contributed by atoms with van der Waals surface area (Å²) in [4.78, 5) is 26.8. The molecule has 1 N–H and O–H groups in total. The molecule has 0 aliphatic carbocycles. The third kappa shape index (κ3) is 2.22. The van der Waals surface area contributed by atoms with E-state index < -0.39 is 0 Å². The molecule has 2 aliphatic heterocycles. The van der Waals surface area contributed by atoms with E-state index >= 15 is 0 Å². The Labute approximate surface area is 132 Å². The fraction of sp³-hybridized carbons (Fsp3) is 0.294. The van der Waals surface area contributed by atoms with Crippen LogP contribution in [0.3, 0.4) is 0 Å². The summed E-state index contributed by atoms with van der Waals surface area (Å²) in [7, 11) is 0. The summed E-state index contributed by atoms with van der Waals surface area (Å²) in [6.45, 7) is 1.27. The van der Waals surface area contributed by atoms with Gasteiger partial charge in [-0.1, -0.05) is 30.3 Å². The van der Waals surface area contributed by atoms with Gasteiger partial charge < -0.3 is 10.2 Å². The largest absolute Gasteiger partial charge is 0.347 e. The number of carbonyl (C=O) groups excluding carboxylic acids is 2. The van der Waals surface area contributed by atoms with Crippen LogP contribution in [0.1, 0.15) is 23.2 Å². The van der Waals surface area contributed by atoms with Gasteiger partial charge in [0.2, 0.25) is 5.91 Å². The molecule has 0 atom stereocenters. The third-order valence-electron chi connectivity index (χ3n) is 4.41. The molecule has 5 heteroatoms. The molecule has 2 saturated heterocycles. The molecule has 0 radical (unpaired) electrons. The number of amides is 2. The molecule has 0 unspecified atom stereocenters. The first kappa shape index (κ1) is 13.5. The van der Waals surface area contributed by atoms with Crippen LogP contribution in [0.5, 0.6) is 0 Å². The van der Waals surface area contributed by atoms with Crippen molar-refractivity contribution in [1.29, 1.82) is 0 Å². The van der Waals surface area contributed by atoms with Crippen LogP contribution in [-0.4, -0.2) is 35.3 Å². The number of rotatable bonds is 2. The molecule has 0 bridgehead atoms. The quantitative estimate of drug-likeness (QED) is 0.926. The molecule has 1 aromatic heterocycles. The maximum Gasteiger partial charge on any atom is 0.254 e. The zero-order valence-electron chi connectivity index (χ0n) is 12.0. The van der Waals surface area contributed by atoms with Gasteiger partial charge in [-0.25, -0.2) is 0 Å². The van der Waals surface area contributed by atoms with Crippen molar-refractivity contribution in [2.75, 3.05) is 13.1 Å². The Hall–Kier alpha value is -2.14. The monoisotopic (exact) mass is 312 g/mol. The summed E-state index contributed by atoms with van der Waals surface area (Å²) in [5.74, 6) is 0.166. The molecule has 1 aromatic carbocycles. The van der Waals surface area contributed by atoms with Crippen LogP contribution in [0.15, 0.2) is 41.8 Å². The second kappa shape index (κ2) is 4.95. The van der Waals surface area contributed by atoms with Crippen LogP contribution < -0.4 is 5.32 Å². The molecule has 3 heterocycles. The predicted molar refractivity (Wildman–Crippen MR) is 85.8 cm³/mol. The number of carbonyl (C=O) groups is 2. The maximum atomic E-state index is 12.5. The summed E-state index contributed by atoms with van der Waals surface area (Å²) >= 11 is 1.59. The molecule has 0 saturated carbocycles. The Morgan fingerprint density at radius 2 is 2.00 bits per heavy atom. The lowest BCUT2D eigenvalue weighted by atomic mass is 9.88. The summed E-state index contributed by atoms with van der Waals surface area (Å²) < 4.78 is 0. The van der Waals surface area contributed by atoms with Gasteiger partial charge >= 0.3 is 0 Å². The van der Waals surface area contributed by atoms with Gasteiger partial charge in [-0.05, 0) is 18.1 Å². The van der Waals surface area contributed by atoms with Crippen molar-refractivity contribution in [3.63, 3.8) is 0 Å². The van der Waals surface area contributed by atoms with Crippen molar-refractivity contribution in [1.82, 2.24) is 10.2 Å². The van der Waals surface area contributed by atoms with Gasteiger partial charge in [-0.2, -0.15) is 0 Å². The summed E-state index contributed by atoms with van der Waals surface area (Å²) in [6.07, 6.45) is 1.42. The van der Waals surface area contributed by atoms with Crippen molar-refractivity contribution in [3.05, 3.63) is 47.3 Å². The molecule has 1 spiro atoms. The predicted octanol–water partition coefficient (Wildman–Crippen LogP) is 2.52. The SMILES string of the molecule is O=C1CCC2(CN(C(=O)c3csc(-c4ccccc4)c3)C2)N1. The molecule has 4 nitrogen and oxygen atoms in total. The smallest absolute Gasteiger partial charge is 0.254 e. The first-order valence-electron chi connectivity index (χ1n) is 7.40. The standard InChI is InChI=1S/C17H16N2O2S/c20-15-6-7-17(18-15)10-19(11-17)16(21)13-8-14(22-9-13)12-4-2-1-3-5-12/h1-5,8-9H,6-7,10-11H2,(H,18,20). The minimum atomic E-state index is -0.148. The average Bonchev–Trinajstić information content (AvgIpc) is 3.13. The lowest BCUT2D eigenvalue weighted by molar-refractivity contribution is -0.120. The summed E-state index contributed by atoms with van der Waals surface area (Å²) in [5.41, 5.74) is 1.73. The zero-order chi connectivity index (χ0) is 15.2. The molecule has 2 aromatic rings. The van der Waals surface area contributed by atoms with E-state index in [-0.39, 0.29) is 17.4 Å². The van der Waals surface area contributed by atoms with E-state index in [0.29, 0.717) is 19.5 Å². The molecule has 112 valence electrons. The van der Waals surface area contributed by atoms with Crippen LogP contribution >= 0.6 is 11.3 Å². The lowest BCUT2D eigenvalue weighted by Crippen LogP contribution is -2.68. The minimum Gasteiger partial charge on any atom is -0.347 e. The van der Waals surface area contributed by atoms with Crippen LogP contribution in [0, 0.1) is 0 Å². The van der Waals surface area contributed by atoms with E-state index in [4.69, 9.17) is 0 Å². The lowest BCUT2D eigenvalue weighted by Gasteiger charge is -2.47. The van der Waals surface area contributed by atoms with E-state index in [2.05, 4.69) is 5.32 Å². The fourth-order valence-electron chi connectivity index (χ4n) is 3.22. The van der Waals surface area contributed by atoms with Crippen molar-refractivity contribution in [3.8, 4) is 10.4 Å². The Balaban J connectivity index is 1.46. The highest BCUT2D eigenvalue weighted by molar-refractivity contribution is 7.13. The minimum absolute atomic E-state index is 0.0604. The van der Waals surface area contributed by atoms with Gasteiger partial charge in [-0.15, -0.1) is 11.3 Å². The number of nitrogens with one attached hydrogen (secondary N) is 1. The Bertz CT molecular complexity index is 732. The number of hydrogen-bond acceptors (Lipinski definition) is 3. The van der Waals surface area contributed by atoms with E-state index in [1.807, 2.05) is 46.7 Å². The highest BCUT2D eigenvalue weighted by atomic mass is 32.1. The summed E-state index contributed by atoms with van der Waals surface area (Å²) in [5, 5.41) is 4.92. The van der Waals surface area contributed by atoms with Crippen LogP contribution in [-0.2, 0) is 4.79 Å². The third-order valence-corrected chi connectivity index (χ3v) is 5.39. The van der Waals surface area contributed by atoms with Gasteiger partial charge in [0.15, 0.2) is 0 Å². The van der Waals surface area contributed by atoms with Crippen molar-refractivity contribution in [2.24, 2.45) is 0 Å². The van der Waals surface area contributed by atoms with Crippen molar-refractivity contribution < 1.29 is 9.59 Å². The number of hydrogen-bond donors (Lipinski definition) is 1. The van der Waals surface area contributed by atoms with Gasteiger partial charge in [0, 0.05) is 29.8 Å². The highest BCUT2D eigenvalue weighted by Crippen LogP contribution is 2.33. The van der Waals surface area contributed by atoms with Gasteiger partial charge in [0.25, 0.3) is 5.91 Å². The second-order valence-corrected chi connectivity index (χ2v) is 6.97. The van der Waals surface area contributed by atoms with E-state index in [1.54, 1.807) is 11.3 Å². The second-order valence-electron chi connectivity index (χ2n) is 6.06. The van der Waals surface area contributed by atoms with E-state index in [0.717, 1.165) is 22.4 Å². The number of likely N-dealkylation sites (tertiary alicyclic amines) is 1. The van der Waals surface area contributed by atoms with Gasteiger partial charge in [-0.3, -0.25) is 9.59 Å². The average molecular weight is 312 g/mol. The van der Waals surface area contributed by atoms with Gasteiger partial charge in [0.05, 0.1) is 11.1 Å². The van der Waals surface area contributed by atoms with Crippen LogP contribution in [0.2, 0.25) is 0 Å². The number of benzene rings is 1. The number of thiophene rings is 1. The Morgan fingerprint density at radius 3 is 2.68 bits per heavy atom. The molecule has 22 heavy (non-hydrogen) atoms. The van der Waals surface area contributed by atoms with Crippen LogP contribution in [0.4, 0.5) is 0 Å². The Morgan fingerprint density at radius 1 is 1.23 bits per heavy atom. The van der Waals surface area contributed by atoms with Crippen molar-refractivity contribution >= 4 is 23.2 Å². The van der Waals surface area contributed by atoms with Gasteiger partial charge in [0.1, 0.15) is 0 Å². The first-order valence-corrected chi connectivity index (χ1v) is 8.27. The molecule has 2 fully saturated rings. The zero-order valence-corrected chi connectivity index (χ0v) is 12.9. The Kier molecular flexibility index (Phi) is 3.04. The molecule has 2 aliphatic rings. The van der Waals surface area contributed by atoms with E-state index in [9.17, 15) is 9.59 Å². The van der Waals surface area contributed by atoms with Crippen molar-refractivity contribution in [2.45, 2.75) is 18.4 Å².